The molecule has 0 amide bonds. The van der Waals surface area contributed by atoms with E-state index < -0.39 is 0 Å². The van der Waals surface area contributed by atoms with Gasteiger partial charge in [0, 0.05) is 22.4 Å². The number of nitriles is 1. The fourth-order valence-corrected chi connectivity index (χ4v) is 2.58. The van der Waals surface area contributed by atoms with Crippen LogP contribution in [0.15, 0.2) is 35.2 Å². The predicted molar refractivity (Wildman–Crippen MR) is 76.7 cm³/mol. The maximum absolute atomic E-state index is 8.83. The van der Waals surface area contributed by atoms with Gasteiger partial charge in [-0.15, -0.1) is 0 Å². The molecule has 1 fully saturated rings. The first-order valence-corrected chi connectivity index (χ1v) is 7.01. The molecular formula is C14H13BrN4. The van der Waals surface area contributed by atoms with Crippen LogP contribution in [0.1, 0.15) is 30.1 Å². The number of rotatable bonds is 4. The van der Waals surface area contributed by atoms with Gasteiger partial charge < -0.3 is 9.88 Å². The molecule has 1 saturated carbocycles. The number of halogens is 1. The molecule has 1 aliphatic rings. The Morgan fingerprint density at radius 2 is 2.32 bits per heavy atom. The van der Waals surface area contributed by atoms with Gasteiger partial charge in [-0.2, -0.15) is 5.26 Å². The number of hydrogen-bond donors (Lipinski definition) is 1. The van der Waals surface area contributed by atoms with Crippen molar-refractivity contribution in [1.82, 2.24) is 9.55 Å². The molecule has 3 rings (SSSR count). The summed E-state index contributed by atoms with van der Waals surface area (Å²) in [6.45, 7) is 0.737. The summed E-state index contributed by atoms with van der Waals surface area (Å²) in [6, 6.07) is 8.32. The van der Waals surface area contributed by atoms with E-state index in [1.54, 1.807) is 0 Å². The second-order valence-electron chi connectivity index (χ2n) is 4.68. The lowest BCUT2D eigenvalue weighted by molar-refractivity contribution is 0.701. The molecule has 19 heavy (non-hydrogen) atoms. The van der Waals surface area contributed by atoms with E-state index in [1.165, 1.54) is 18.5 Å². The third-order valence-corrected chi connectivity index (χ3v) is 3.90. The largest absolute Gasteiger partial charge is 0.378 e. The van der Waals surface area contributed by atoms with Crippen molar-refractivity contribution in [3.05, 3.63) is 46.5 Å². The van der Waals surface area contributed by atoms with Gasteiger partial charge in [0.25, 0.3) is 0 Å². The van der Waals surface area contributed by atoms with Gasteiger partial charge in [0.15, 0.2) is 0 Å². The minimum absolute atomic E-state index is 0.642. The van der Waals surface area contributed by atoms with Gasteiger partial charge in [-0.05, 0) is 47.0 Å². The minimum atomic E-state index is 0.642. The summed E-state index contributed by atoms with van der Waals surface area (Å²) < 4.78 is 3.15. The zero-order chi connectivity index (χ0) is 13.2. The molecule has 96 valence electrons. The third kappa shape index (κ3) is 2.64. The van der Waals surface area contributed by atoms with Crippen molar-refractivity contribution in [2.45, 2.75) is 25.4 Å². The third-order valence-electron chi connectivity index (χ3n) is 3.24. The second-order valence-corrected chi connectivity index (χ2v) is 5.54. The topological polar surface area (TPSA) is 53.6 Å². The number of anilines is 1. The Hall–Kier alpha value is -1.80. The van der Waals surface area contributed by atoms with Gasteiger partial charge in [0.2, 0.25) is 0 Å². The summed E-state index contributed by atoms with van der Waals surface area (Å²) in [5, 5.41) is 12.2. The van der Waals surface area contributed by atoms with Crippen molar-refractivity contribution < 1.29 is 0 Å². The highest BCUT2D eigenvalue weighted by Crippen LogP contribution is 2.35. The summed E-state index contributed by atoms with van der Waals surface area (Å²) >= 11 is 3.48. The number of hydrogen-bond acceptors (Lipinski definition) is 3. The van der Waals surface area contributed by atoms with Crippen LogP contribution in [0.2, 0.25) is 0 Å². The summed E-state index contributed by atoms with van der Waals surface area (Å²) in [5.41, 5.74) is 2.83. The molecule has 0 bridgehead atoms. The molecule has 1 heterocycles. The van der Waals surface area contributed by atoms with E-state index in [2.05, 4.69) is 36.9 Å². The van der Waals surface area contributed by atoms with Crippen molar-refractivity contribution >= 4 is 21.6 Å². The molecule has 2 aromatic rings. The average Bonchev–Trinajstić information content (AvgIpc) is 3.16. The maximum atomic E-state index is 8.83. The number of aromatic nitrogens is 2. The Labute approximate surface area is 120 Å². The number of nitrogens with zero attached hydrogens (tertiary/aromatic N) is 3. The normalized spacial score (nSPS) is 14.1. The quantitative estimate of drug-likeness (QED) is 0.939. The molecule has 1 aromatic heterocycles. The highest BCUT2D eigenvalue weighted by atomic mass is 79.9. The van der Waals surface area contributed by atoms with Crippen LogP contribution >= 0.6 is 15.9 Å². The molecular weight excluding hydrogens is 304 g/mol. The van der Waals surface area contributed by atoms with Crippen molar-refractivity contribution in [2.24, 2.45) is 0 Å². The van der Waals surface area contributed by atoms with Gasteiger partial charge in [0.1, 0.15) is 0 Å². The van der Waals surface area contributed by atoms with Crippen molar-refractivity contribution in [3.8, 4) is 6.07 Å². The molecule has 1 aromatic carbocycles. The Balaban J connectivity index is 1.72. The minimum Gasteiger partial charge on any atom is -0.378 e. The van der Waals surface area contributed by atoms with E-state index in [4.69, 9.17) is 5.26 Å². The highest BCUT2D eigenvalue weighted by Gasteiger charge is 2.24. The molecule has 0 saturated heterocycles. The lowest BCUT2D eigenvalue weighted by Gasteiger charge is -2.10. The fourth-order valence-electron chi connectivity index (χ4n) is 2.06. The van der Waals surface area contributed by atoms with E-state index in [9.17, 15) is 0 Å². The molecule has 0 radical (unpaired) electrons. The lowest BCUT2D eigenvalue weighted by Crippen LogP contribution is -2.06. The fraction of sp³-hybridized carbons (Fsp3) is 0.286. The lowest BCUT2D eigenvalue weighted by atomic mass is 10.2. The maximum Gasteiger partial charge on any atom is 0.0992 e. The van der Waals surface area contributed by atoms with Crippen LogP contribution in [0.25, 0.3) is 0 Å². The predicted octanol–water partition coefficient (Wildman–Crippen LogP) is 3.46. The van der Waals surface area contributed by atoms with Gasteiger partial charge >= 0.3 is 0 Å². The van der Waals surface area contributed by atoms with Crippen LogP contribution in [0.4, 0.5) is 5.69 Å². The summed E-state index contributed by atoms with van der Waals surface area (Å²) in [5.74, 6) is 0. The Morgan fingerprint density at radius 1 is 1.47 bits per heavy atom. The number of imidazole rings is 1. The summed E-state index contributed by atoms with van der Waals surface area (Å²) in [7, 11) is 0. The average molecular weight is 317 g/mol. The first-order chi connectivity index (χ1) is 9.28. The first kappa shape index (κ1) is 12.2. The van der Waals surface area contributed by atoms with E-state index in [0.717, 1.165) is 16.7 Å². The van der Waals surface area contributed by atoms with E-state index in [0.29, 0.717) is 11.6 Å². The second kappa shape index (κ2) is 5.06. The molecule has 4 nitrogen and oxygen atoms in total. The van der Waals surface area contributed by atoms with Gasteiger partial charge in [0.05, 0.1) is 30.2 Å². The smallest absolute Gasteiger partial charge is 0.0992 e. The number of nitrogens with one attached hydrogen (secondary N) is 1. The van der Waals surface area contributed by atoms with Crippen molar-refractivity contribution in [3.63, 3.8) is 0 Å². The number of benzene rings is 1. The molecule has 0 spiro atoms. The molecule has 0 atom stereocenters. The van der Waals surface area contributed by atoms with Crippen LogP contribution in [-0.4, -0.2) is 9.55 Å². The van der Waals surface area contributed by atoms with E-state index >= 15 is 0 Å². The monoisotopic (exact) mass is 316 g/mol. The standard InChI is InChI=1S/C14H13BrN4/c15-13-5-10(6-16)1-4-14(13)18-8-12-7-17-9-19(12)11-2-3-11/h1,4-5,7,9,11,18H,2-3,8H2. The zero-order valence-electron chi connectivity index (χ0n) is 10.3. The van der Waals surface area contributed by atoms with Crippen LogP contribution in [-0.2, 0) is 6.54 Å². The summed E-state index contributed by atoms with van der Waals surface area (Å²) in [4.78, 5) is 4.21. The van der Waals surface area contributed by atoms with E-state index in [1.807, 2.05) is 30.7 Å². The molecule has 0 unspecified atom stereocenters. The van der Waals surface area contributed by atoms with Crippen LogP contribution in [0, 0.1) is 11.3 Å². The van der Waals surface area contributed by atoms with Gasteiger partial charge in [-0.25, -0.2) is 4.98 Å². The van der Waals surface area contributed by atoms with Gasteiger partial charge in [-0.3, -0.25) is 0 Å². The van der Waals surface area contributed by atoms with Crippen LogP contribution < -0.4 is 5.32 Å². The molecule has 5 heteroatoms. The molecule has 1 N–H and O–H groups in total. The summed E-state index contributed by atoms with van der Waals surface area (Å²) in [6.07, 6.45) is 6.32. The van der Waals surface area contributed by atoms with Crippen molar-refractivity contribution in [2.75, 3.05) is 5.32 Å². The Kier molecular flexibility index (Phi) is 3.26. The zero-order valence-corrected chi connectivity index (χ0v) is 11.9. The van der Waals surface area contributed by atoms with Crippen LogP contribution in [0.5, 0.6) is 0 Å². The first-order valence-electron chi connectivity index (χ1n) is 6.22. The Bertz CT molecular complexity index is 637. The SMILES string of the molecule is N#Cc1ccc(NCc2cncn2C2CC2)c(Br)c1. The Morgan fingerprint density at radius 3 is 3.00 bits per heavy atom. The van der Waals surface area contributed by atoms with E-state index in [-0.39, 0.29) is 0 Å². The van der Waals surface area contributed by atoms with Gasteiger partial charge in [-0.1, -0.05) is 0 Å². The highest BCUT2D eigenvalue weighted by molar-refractivity contribution is 9.10. The van der Waals surface area contributed by atoms with Crippen molar-refractivity contribution in [1.29, 1.82) is 5.26 Å². The van der Waals surface area contributed by atoms with Crippen LogP contribution in [0.3, 0.4) is 0 Å². The molecule has 0 aliphatic heterocycles. The molecule has 1 aliphatic carbocycles.